The van der Waals surface area contributed by atoms with E-state index in [0.717, 1.165) is 0 Å². The van der Waals surface area contributed by atoms with Crippen LogP contribution >= 0.6 is 11.8 Å². The molecule has 2 aliphatic heterocycles. The van der Waals surface area contributed by atoms with Crippen LogP contribution in [0.25, 0.3) is 0 Å². The first-order valence-corrected chi connectivity index (χ1v) is 4.72. The molecule has 0 aromatic carbocycles. The normalized spacial score (nSPS) is 43.3. The summed E-state index contributed by atoms with van der Waals surface area (Å²) in [6.45, 7) is 2.46. The van der Waals surface area contributed by atoms with E-state index in [9.17, 15) is 9.18 Å². The lowest BCUT2D eigenvalue weighted by molar-refractivity contribution is -0.143. The molecule has 0 N–H and O–H groups in total. The molecule has 2 aliphatic rings. The van der Waals surface area contributed by atoms with Crippen LogP contribution in [0.1, 0.15) is 13.3 Å². The van der Waals surface area contributed by atoms with E-state index in [1.54, 1.807) is 4.90 Å². The van der Waals surface area contributed by atoms with Gasteiger partial charge in [0, 0.05) is 12.5 Å². The number of halogens is 1. The second-order valence-electron chi connectivity index (χ2n) is 3.17. The SMILES string of the molecule is C[C@@H]1CN2C(=O)C[C@H]2SC1F. The van der Waals surface area contributed by atoms with Crippen LogP contribution in [0.3, 0.4) is 0 Å². The van der Waals surface area contributed by atoms with Gasteiger partial charge in [-0.2, -0.15) is 0 Å². The number of fused-ring (bicyclic) bond motifs is 1. The van der Waals surface area contributed by atoms with Gasteiger partial charge in [0.05, 0.1) is 11.8 Å². The number of amides is 1. The highest BCUT2D eigenvalue weighted by molar-refractivity contribution is 8.00. The molecule has 2 heterocycles. The molecule has 0 aliphatic carbocycles. The van der Waals surface area contributed by atoms with Gasteiger partial charge in [-0.05, 0) is 0 Å². The average Bonchev–Trinajstić information content (AvgIpc) is 1.97. The van der Waals surface area contributed by atoms with E-state index in [-0.39, 0.29) is 17.2 Å². The van der Waals surface area contributed by atoms with Gasteiger partial charge in [0.2, 0.25) is 5.91 Å². The Kier molecular flexibility index (Phi) is 1.59. The molecule has 0 saturated carbocycles. The molecule has 4 heteroatoms. The zero-order chi connectivity index (χ0) is 8.01. The second-order valence-corrected chi connectivity index (χ2v) is 4.44. The van der Waals surface area contributed by atoms with Crippen molar-refractivity contribution in [1.82, 2.24) is 4.90 Å². The van der Waals surface area contributed by atoms with E-state index in [1.807, 2.05) is 6.92 Å². The van der Waals surface area contributed by atoms with Gasteiger partial charge >= 0.3 is 0 Å². The number of hydrogen-bond donors (Lipinski definition) is 0. The standard InChI is InChI=1S/C7H10FNOS/c1-4-3-9-5(10)2-6(9)11-7(4)8/h4,6-7H,2-3H2,1H3/t4-,6-,7?/m1/s1. The fourth-order valence-corrected chi connectivity index (χ4v) is 2.69. The first kappa shape index (κ1) is 7.40. The first-order valence-electron chi connectivity index (χ1n) is 3.77. The zero-order valence-corrected chi connectivity index (χ0v) is 7.10. The molecular weight excluding hydrogens is 165 g/mol. The molecule has 62 valence electrons. The van der Waals surface area contributed by atoms with Crippen LogP contribution in [0, 0.1) is 5.92 Å². The van der Waals surface area contributed by atoms with E-state index in [2.05, 4.69) is 0 Å². The number of carbonyl (C=O) groups is 1. The van der Waals surface area contributed by atoms with Gasteiger partial charge in [-0.15, -0.1) is 0 Å². The summed E-state index contributed by atoms with van der Waals surface area (Å²) < 4.78 is 13.0. The van der Waals surface area contributed by atoms with E-state index >= 15 is 0 Å². The number of alkyl halides is 1. The average molecular weight is 175 g/mol. The topological polar surface area (TPSA) is 20.3 Å². The van der Waals surface area contributed by atoms with E-state index in [4.69, 9.17) is 0 Å². The van der Waals surface area contributed by atoms with Crippen LogP contribution < -0.4 is 0 Å². The van der Waals surface area contributed by atoms with E-state index < -0.39 is 5.50 Å². The van der Waals surface area contributed by atoms with Gasteiger partial charge < -0.3 is 4.90 Å². The van der Waals surface area contributed by atoms with E-state index in [1.165, 1.54) is 11.8 Å². The van der Waals surface area contributed by atoms with Crippen molar-refractivity contribution in [3.8, 4) is 0 Å². The predicted octanol–water partition coefficient (Wildman–Crippen LogP) is 1.22. The van der Waals surface area contributed by atoms with Crippen LogP contribution in [0.15, 0.2) is 0 Å². The monoisotopic (exact) mass is 175 g/mol. The fourth-order valence-electron chi connectivity index (χ4n) is 1.44. The molecule has 3 atom stereocenters. The molecule has 2 fully saturated rings. The minimum Gasteiger partial charge on any atom is -0.330 e. The van der Waals surface area contributed by atoms with Gasteiger partial charge in [0.25, 0.3) is 0 Å². The molecule has 2 nitrogen and oxygen atoms in total. The van der Waals surface area contributed by atoms with Crippen molar-refractivity contribution in [2.45, 2.75) is 24.2 Å². The Morgan fingerprint density at radius 2 is 2.45 bits per heavy atom. The molecule has 2 rings (SSSR count). The maximum absolute atomic E-state index is 13.0. The zero-order valence-electron chi connectivity index (χ0n) is 6.29. The molecule has 0 spiro atoms. The lowest BCUT2D eigenvalue weighted by atomic mass is 10.1. The Bertz CT molecular complexity index is 199. The van der Waals surface area contributed by atoms with Gasteiger partial charge in [-0.3, -0.25) is 4.79 Å². The van der Waals surface area contributed by atoms with Crippen molar-refractivity contribution in [2.75, 3.05) is 6.54 Å². The summed E-state index contributed by atoms with van der Waals surface area (Å²) in [5.41, 5.74) is -0.774. The Morgan fingerprint density at radius 1 is 1.73 bits per heavy atom. The Labute approximate surface area is 69.1 Å². The maximum atomic E-state index is 13.0. The number of hydrogen-bond acceptors (Lipinski definition) is 2. The summed E-state index contributed by atoms with van der Waals surface area (Å²) in [5.74, 6) is 0.182. The van der Waals surface area contributed by atoms with E-state index in [0.29, 0.717) is 13.0 Å². The molecule has 0 aromatic rings. The number of thioether (sulfide) groups is 1. The van der Waals surface area contributed by atoms with Crippen molar-refractivity contribution in [1.29, 1.82) is 0 Å². The quantitative estimate of drug-likeness (QED) is 0.516. The maximum Gasteiger partial charge on any atom is 0.226 e. The van der Waals surface area contributed by atoms with Crippen LogP contribution in [-0.4, -0.2) is 28.2 Å². The third kappa shape index (κ3) is 1.04. The predicted molar refractivity (Wildman–Crippen MR) is 41.8 cm³/mol. The summed E-state index contributed by atoms with van der Waals surface area (Å²) in [5, 5.41) is 0.147. The van der Waals surface area contributed by atoms with Crippen LogP contribution in [0.2, 0.25) is 0 Å². The molecule has 0 radical (unpaired) electrons. The van der Waals surface area contributed by atoms with Crippen LogP contribution in [-0.2, 0) is 4.79 Å². The third-order valence-corrected chi connectivity index (χ3v) is 3.70. The summed E-state index contributed by atoms with van der Waals surface area (Å²) in [6.07, 6.45) is 0.539. The minimum absolute atomic E-state index is 0.000463. The molecule has 11 heavy (non-hydrogen) atoms. The van der Waals surface area contributed by atoms with Crippen molar-refractivity contribution in [3.63, 3.8) is 0 Å². The lowest BCUT2D eigenvalue weighted by Crippen LogP contribution is -2.56. The number of β-lactam (4-membered cyclic amide) rings is 1. The van der Waals surface area contributed by atoms with Gasteiger partial charge in [0.1, 0.15) is 0 Å². The van der Waals surface area contributed by atoms with Crippen molar-refractivity contribution >= 4 is 17.7 Å². The number of carbonyl (C=O) groups excluding carboxylic acids is 1. The molecule has 2 saturated heterocycles. The highest BCUT2D eigenvalue weighted by Crippen LogP contribution is 2.40. The molecule has 1 unspecified atom stereocenters. The second kappa shape index (κ2) is 2.37. The van der Waals surface area contributed by atoms with Crippen molar-refractivity contribution < 1.29 is 9.18 Å². The first-order chi connectivity index (χ1) is 5.18. The summed E-state index contributed by atoms with van der Waals surface area (Å²) in [6, 6.07) is 0. The number of nitrogens with zero attached hydrogens (tertiary/aromatic N) is 1. The van der Waals surface area contributed by atoms with Gasteiger partial charge in [-0.1, -0.05) is 18.7 Å². The molecular formula is C7H10FNOS. The lowest BCUT2D eigenvalue weighted by Gasteiger charge is -2.46. The molecule has 1 amide bonds. The Hall–Kier alpha value is -0.250. The van der Waals surface area contributed by atoms with Crippen LogP contribution in [0.5, 0.6) is 0 Å². The molecule has 0 aromatic heterocycles. The smallest absolute Gasteiger partial charge is 0.226 e. The number of rotatable bonds is 0. The highest BCUT2D eigenvalue weighted by Gasteiger charge is 2.44. The molecule has 0 bridgehead atoms. The summed E-state index contributed by atoms with van der Waals surface area (Å²) in [7, 11) is 0. The largest absolute Gasteiger partial charge is 0.330 e. The highest BCUT2D eigenvalue weighted by atomic mass is 32.2. The minimum atomic E-state index is -0.774. The Morgan fingerprint density at radius 3 is 3.09 bits per heavy atom. The Balaban J connectivity index is 2.03. The van der Waals surface area contributed by atoms with Crippen molar-refractivity contribution in [3.05, 3.63) is 0 Å². The third-order valence-electron chi connectivity index (χ3n) is 2.24. The van der Waals surface area contributed by atoms with Gasteiger partial charge in [-0.25, -0.2) is 4.39 Å². The fraction of sp³-hybridized carbons (Fsp3) is 0.857. The van der Waals surface area contributed by atoms with Crippen LogP contribution in [0.4, 0.5) is 4.39 Å². The summed E-state index contributed by atoms with van der Waals surface area (Å²) in [4.78, 5) is 12.7. The summed E-state index contributed by atoms with van der Waals surface area (Å²) >= 11 is 1.29. The van der Waals surface area contributed by atoms with Gasteiger partial charge in [0.15, 0.2) is 5.50 Å². The van der Waals surface area contributed by atoms with Crippen molar-refractivity contribution in [2.24, 2.45) is 5.92 Å².